The van der Waals surface area contributed by atoms with E-state index in [-0.39, 0.29) is 11.7 Å². The van der Waals surface area contributed by atoms with Crippen LogP contribution in [0, 0.1) is 0 Å². The van der Waals surface area contributed by atoms with Crippen LogP contribution in [-0.4, -0.2) is 50.9 Å². The summed E-state index contributed by atoms with van der Waals surface area (Å²) in [7, 11) is 0. The van der Waals surface area contributed by atoms with Gasteiger partial charge in [0.25, 0.3) is 0 Å². The van der Waals surface area contributed by atoms with Crippen LogP contribution in [0.2, 0.25) is 0 Å². The van der Waals surface area contributed by atoms with E-state index in [0.717, 1.165) is 30.9 Å². The maximum Gasteiger partial charge on any atom is 0.413 e. The highest BCUT2D eigenvalue weighted by atomic mass is 16.6. The first-order valence-electron chi connectivity index (χ1n) is 14.3. The minimum atomic E-state index is -1.15. The number of benzene rings is 1. The Morgan fingerprint density at radius 1 is 1.13 bits per heavy atom. The van der Waals surface area contributed by atoms with Gasteiger partial charge in [0, 0.05) is 18.7 Å². The van der Waals surface area contributed by atoms with Gasteiger partial charge in [0.2, 0.25) is 11.7 Å². The standard InChI is InChI=1S/C30H44N4O5/c1-5-6-7-8-9-10-11-13-22-15-17-23(18-16-22)27-32-28(39-33-27)24-14-12-19-34(21-24)25(20-26(35)36)31-29(37)38-30(2,3)4/h15-18,20,24H,5-14,19,21H2,1-4H3,(H,31,37)(H,35,36)/t24-/m1/s1. The van der Waals surface area contributed by atoms with E-state index in [2.05, 4.69) is 34.5 Å². The smallest absolute Gasteiger partial charge is 0.413 e. The third kappa shape index (κ3) is 10.4. The molecule has 1 fully saturated rings. The van der Waals surface area contributed by atoms with Crippen molar-refractivity contribution in [3.8, 4) is 11.4 Å². The fourth-order valence-corrected chi connectivity index (χ4v) is 4.75. The zero-order chi connectivity index (χ0) is 28.3. The number of aliphatic carboxylic acids is 1. The molecular weight excluding hydrogens is 496 g/mol. The number of amides is 1. The summed E-state index contributed by atoms with van der Waals surface area (Å²) in [6.45, 7) is 8.53. The molecule has 1 aromatic carbocycles. The average molecular weight is 541 g/mol. The summed E-state index contributed by atoms with van der Waals surface area (Å²) in [5.41, 5.74) is 1.52. The van der Waals surface area contributed by atoms with Gasteiger partial charge in [-0.1, -0.05) is 74.9 Å². The molecule has 0 aliphatic carbocycles. The molecule has 39 heavy (non-hydrogen) atoms. The molecule has 9 heteroatoms. The predicted octanol–water partition coefficient (Wildman–Crippen LogP) is 6.66. The first-order valence-corrected chi connectivity index (χ1v) is 14.3. The lowest BCUT2D eigenvalue weighted by molar-refractivity contribution is -0.131. The molecule has 1 atom stereocenters. The number of ether oxygens (including phenoxy) is 1. The molecule has 0 saturated carbocycles. The lowest BCUT2D eigenvalue weighted by atomic mass is 9.98. The topological polar surface area (TPSA) is 118 Å². The van der Waals surface area contributed by atoms with E-state index in [1.54, 1.807) is 20.8 Å². The Bertz CT molecular complexity index is 1090. The largest absolute Gasteiger partial charge is 0.478 e. The molecule has 9 nitrogen and oxygen atoms in total. The molecule has 2 aromatic rings. The van der Waals surface area contributed by atoms with Gasteiger partial charge < -0.3 is 19.3 Å². The zero-order valence-corrected chi connectivity index (χ0v) is 23.9. The maximum atomic E-state index is 12.3. The number of carbonyl (C=O) groups excluding carboxylic acids is 1. The average Bonchev–Trinajstić information content (AvgIpc) is 3.37. The van der Waals surface area contributed by atoms with Crippen molar-refractivity contribution in [2.24, 2.45) is 0 Å². The van der Waals surface area contributed by atoms with Crippen LogP contribution in [0.25, 0.3) is 11.4 Å². The first kappa shape index (κ1) is 30.2. The van der Waals surface area contributed by atoms with Crippen LogP contribution >= 0.6 is 0 Å². The molecule has 214 valence electrons. The predicted molar refractivity (Wildman–Crippen MR) is 150 cm³/mol. The normalized spacial score (nSPS) is 16.3. The van der Waals surface area contributed by atoms with E-state index in [1.165, 1.54) is 50.5 Å². The van der Waals surface area contributed by atoms with Crippen molar-refractivity contribution >= 4 is 12.1 Å². The number of hydrogen-bond acceptors (Lipinski definition) is 7. The number of hydrogen-bond donors (Lipinski definition) is 2. The number of aromatic nitrogens is 2. The van der Waals surface area contributed by atoms with E-state index in [0.29, 0.717) is 24.8 Å². The van der Waals surface area contributed by atoms with Crippen LogP contribution < -0.4 is 5.32 Å². The minimum absolute atomic E-state index is 0.0887. The number of unbranched alkanes of at least 4 members (excludes halogenated alkanes) is 6. The minimum Gasteiger partial charge on any atom is -0.478 e. The van der Waals surface area contributed by atoms with E-state index < -0.39 is 17.7 Å². The van der Waals surface area contributed by atoms with Crippen molar-refractivity contribution in [1.82, 2.24) is 20.4 Å². The monoisotopic (exact) mass is 540 g/mol. The first-order chi connectivity index (χ1) is 18.6. The van der Waals surface area contributed by atoms with Gasteiger partial charge in [0.05, 0.1) is 12.0 Å². The van der Waals surface area contributed by atoms with Gasteiger partial charge in [-0.15, -0.1) is 0 Å². The summed E-state index contributed by atoms with van der Waals surface area (Å²) < 4.78 is 10.9. The number of nitrogens with one attached hydrogen (secondary N) is 1. The second-order valence-corrected chi connectivity index (χ2v) is 11.3. The molecule has 1 aromatic heterocycles. The van der Waals surface area contributed by atoms with Crippen molar-refractivity contribution in [1.29, 1.82) is 0 Å². The van der Waals surface area contributed by atoms with Gasteiger partial charge >= 0.3 is 12.1 Å². The highest BCUT2D eigenvalue weighted by molar-refractivity contribution is 5.82. The van der Waals surface area contributed by atoms with Gasteiger partial charge in [-0.3, -0.25) is 5.32 Å². The third-order valence-corrected chi connectivity index (χ3v) is 6.72. The van der Waals surface area contributed by atoms with Gasteiger partial charge in [-0.05, 0) is 52.0 Å². The molecule has 1 aliphatic rings. The highest BCUT2D eigenvalue weighted by Crippen LogP contribution is 2.29. The van der Waals surface area contributed by atoms with Crippen LogP contribution in [-0.2, 0) is 16.0 Å². The fraction of sp³-hybridized carbons (Fsp3) is 0.600. The number of piperidine rings is 1. The molecule has 0 radical (unpaired) electrons. The second-order valence-electron chi connectivity index (χ2n) is 11.3. The van der Waals surface area contributed by atoms with Crippen molar-refractivity contribution < 1.29 is 24.0 Å². The molecule has 1 saturated heterocycles. The molecule has 3 rings (SSSR count). The Balaban J connectivity index is 1.57. The van der Waals surface area contributed by atoms with Crippen LogP contribution in [0.4, 0.5) is 4.79 Å². The summed E-state index contributed by atoms with van der Waals surface area (Å²) in [5.74, 6) is -0.0165. The molecule has 2 N–H and O–H groups in total. The Kier molecular flexibility index (Phi) is 11.4. The number of alkyl carbamates (subject to hydrolysis) is 1. The Morgan fingerprint density at radius 3 is 2.49 bits per heavy atom. The lowest BCUT2D eigenvalue weighted by Crippen LogP contribution is -2.42. The number of likely N-dealkylation sites (tertiary alicyclic amines) is 1. The third-order valence-electron chi connectivity index (χ3n) is 6.72. The van der Waals surface area contributed by atoms with Crippen LogP contribution in [0.5, 0.6) is 0 Å². The van der Waals surface area contributed by atoms with Gasteiger partial charge in [0.15, 0.2) is 0 Å². The van der Waals surface area contributed by atoms with Crippen molar-refractivity contribution in [2.45, 2.75) is 103 Å². The van der Waals surface area contributed by atoms with Gasteiger partial charge in [0.1, 0.15) is 11.4 Å². The second kappa shape index (κ2) is 14.7. The van der Waals surface area contributed by atoms with Crippen LogP contribution in [0.1, 0.15) is 103 Å². The quantitative estimate of drug-likeness (QED) is 0.214. The van der Waals surface area contributed by atoms with E-state index >= 15 is 0 Å². The van der Waals surface area contributed by atoms with Crippen molar-refractivity contribution in [3.05, 3.63) is 47.6 Å². The summed E-state index contributed by atoms with van der Waals surface area (Å²) in [6, 6.07) is 8.35. The molecular formula is C30H44N4O5. The fourth-order valence-electron chi connectivity index (χ4n) is 4.75. The zero-order valence-electron chi connectivity index (χ0n) is 23.9. The lowest BCUT2D eigenvalue weighted by Gasteiger charge is -2.34. The molecule has 2 heterocycles. The van der Waals surface area contributed by atoms with Gasteiger partial charge in [-0.25, -0.2) is 9.59 Å². The number of carbonyl (C=O) groups is 2. The number of rotatable bonds is 13. The Morgan fingerprint density at radius 2 is 1.82 bits per heavy atom. The summed E-state index contributed by atoms with van der Waals surface area (Å²) >= 11 is 0. The Hall–Kier alpha value is -3.36. The summed E-state index contributed by atoms with van der Waals surface area (Å²) in [6.07, 6.45) is 12.1. The molecule has 1 amide bonds. The number of aryl methyl sites for hydroxylation is 1. The Labute approximate surface area is 232 Å². The van der Waals surface area contributed by atoms with Crippen LogP contribution in [0.15, 0.2) is 40.7 Å². The van der Waals surface area contributed by atoms with E-state index in [9.17, 15) is 14.7 Å². The SMILES string of the molecule is CCCCCCCCCc1ccc(-c2noc([C@@H]3CCCN(C(=CC(=O)O)NC(=O)OC(C)(C)C)C3)n2)cc1. The molecule has 0 unspecified atom stereocenters. The number of carboxylic acids is 1. The number of nitrogens with zero attached hydrogens (tertiary/aromatic N) is 3. The summed E-state index contributed by atoms with van der Waals surface area (Å²) in [4.78, 5) is 30.2. The highest BCUT2D eigenvalue weighted by Gasteiger charge is 2.29. The van der Waals surface area contributed by atoms with E-state index in [4.69, 9.17) is 9.26 Å². The van der Waals surface area contributed by atoms with Crippen LogP contribution in [0.3, 0.4) is 0 Å². The molecule has 0 spiro atoms. The van der Waals surface area contributed by atoms with E-state index in [1.807, 2.05) is 17.0 Å². The summed E-state index contributed by atoms with van der Waals surface area (Å²) in [5, 5.41) is 16.2. The molecule has 1 aliphatic heterocycles. The molecule has 0 bridgehead atoms. The van der Waals surface area contributed by atoms with Crippen molar-refractivity contribution in [2.75, 3.05) is 13.1 Å². The maximum absolute atomic E-state index is 12.3. The number of carboxylic acid groups (broad SMARTS) is 1. The van der Waals surface area contributed by atoms with Crippen molar-refractivity contribution in [3.63, 3.8) is 0 Å². The van der Waals surface area contributed by atoms with Gasteiger partial charge in [-0.2, -0.15) is 4.98 Å².